The van der Waals surface area contributed by atoms with Crippen molar-refractivity contribution in [2.45, 2.75) is 39.2 Å². The minimum Gasteiger partial charge on any atom is -0.378 e. The molecule has 1 aliphatic rings. The third-order valence-corrected chi connectivity index (χ3v) is 1.98. The summed E-state index contributed by atoms with van der Waals surface area (Å²) in [6.07, 6.45) is 4.47. The smallest absolute Gasteiger partial charge is 0.0550 e. The Kier molecular flexibility index (Phi) is 2.52. The summed E-state index contributed by atoms with van der Waals surface area (Å²) < 4.78 is 5.42. The molecule has 9 heavy (non-hydrogen) atoms. The van der Waals surface area contributed by atoms with Crippen LogP contribution in [0.4, 0.5) is 0 Å². The van der Waals surface area contributed by atoms with E-state index in [4.69, 9.17) is 4.74 Å². The molecule has 1 heteroatoms. The van der Waals surface area contributed by atoms with Crippen molar-refractivity contribution >= 4 is 0 Å². The summed E-state index contributed by atoms with van der Waals surface area (Å²) in [5.74, 6) is 0.866. The number of rotatable bonds is 2. The zero-order valence-electron chi connectivity index (χ0n) is 6.39. The third-order valence-electron chi connectivity index (χ3n) is 1.98. The van der Waals surface area contributed by atoms with Gasteiger partial charge < -0.3 is 4.74 Å². The summed E-state index contributed by atoms with van der Waals surface area (Å²) in [6, 6.07) is 0. The maximum Gasteiger partial charge on any atom is 0.0550 e. The molecular formula is C8H16O. The average Bonchev–Trinajstić information content (AvgIpc) is 2.17. The molecule has 0 saturated carbocycles. The van der Waals surface area contributed by atoms with Crippen LogP contribution in [0.2, 0.25) is 0 Å². The Morgan fingerprint density at radius 3 is 2.78 bits per heavy atom. The van der Waals surface area contributed by atoms with Gasteiger partial charge in [-0.3, -0.25) is 0 Å². The van der Waals surface area contributed by atoms with Crippen LogP contribution in [0.25, 0.3) is 0 Å². The van der Waals surface area contributed by atoms with Crippen molar-refractivity contribution in [1.29, 1.82) is 0 Å². The molecule has 0 N–H and O–H groups in total. The molecule has 0 bridgehead atoms. The molecule has 1 aliphatic heterocycles. The molecule has 1 unspecified atom stereocenters. The Hall–Kier alpha value is -0.0400. The van der Waals surface area contributed by atoms with Gasteiger partial charge in [-0.2, -0.15) is 0 Å². The van der Waals surface area contributed by atoms with Gasteiger partial charge in [-0.15, -0.1) is 0 Å². The molecule has 0 aromatic heterocycles. The fraction of sp³-hybridized carbons (Fsp3) is 1.00. The standard InChI is InChI=1S/C8H16O/c1-3-4-8-5-7(2)9-6-8/h7-8H,3-6H2,1-2H3/t7-,8?/m0/s1. The van der Waals surface area contributed by atoms with Gasteiger partial charge in [-0.1, -0.05) is 13.3 Å². The Labute approximate surface area is 57.4 Å². The molecular weight excluding hydrogens is 112 g/mol. The number of hydrogen-bond donors (Lipinski definition) is 0. The van der Waals surface area contributed by atoms with Gasteiger partial charge in [0, 0.05) is 6.61 Å². The van der Waals surface area contributed by atoms with E-state index in [1.165, 1.54) is 19.3 Å². The van der Waals surface area contributed by atoms with E-state index in [0.717, 1.165) is 12.5 Å². The van der Waals surface area contributed by atoms with E-state index in [1.54, 1.807) is 0 Å². The quantitative estimate of drug-likeness (QED) is 0.554. The summed E-state index contributed by atoms with van der Waals surface area (Å²) in [4.78, 5) is 0. The third kappa shape index (κ3) is 1.98. The van der Waals surface area contributed by atoms with Gasteiger partial charge in [0.15, 0.2) is 0 Å². The lowest BCUT2D eigenvalue weighted by molar-refractivity contribution is 0.119. The van der Waals surface area contributed by atoms with Crippen LogP contribution in [-0.2, 0) is 4.74 Å². The first-order valence-electron chi connectivity index (χ1n) is 3.94. The SMILES string of the molecule is CCCC1CO[C@@H](C)C1. The van der Waals surface area contributed by atoms with Gasteiger partial charge in [-0.25, -0.2) is 0 Å². The minimum atomic E-state index is 0.529. The summed E-state index contributed by atoms with van der Waals surface area (Å²) in [7, 11) is 0. The Balaban J connectivity index is 2.14. The average molecular weight is 128 g/mol. The van der Waals surface area contributed by atoms with Crippen LogP contribution in [0.3, 0.4) is 0 Å². The lowest BCUT2D eigenvalue weighted by atomic mass is 10.0. The highest BCUT2D eigenvalue weighted by Crippen LogP contribution is 2.22. The van der Waals surface area contributed by atoms with Gasteiger partial charge in [0.25, 0.3) is 0 Å². The van der Waals surface area contributed by atoms with E-state index in [-0.39, 0.29) is 0 Å². The second-order valence-corrected chi connectivity index (χ2v) is 3.03. The van der Waals surface area contributed by atoms with E-state index in [0.29, 0.717) is 6.10 Å². The summed E-state index contributed by atoms with van der Waals surface area (Å²) in [5, 5.41) is 0. The van der Waals surface area contributed by atoms with E-state index in [1.807, 2.05) is 0 Å². The summed E-state index contributed by atoms with van der Waals surface area (Å²) in [6.45, 7) is 5.41. The van der Waals surface area contributed by atoms with Gasteiger partial charge >= 0.3 is 0 Å². The maximum atomic E-state index is 5.42. The van der Waals surface area contributed by atoms with Crippen LogP contribution in [0.1, 0.15) is 33.1 Å². The zero-order valence-corrected chi connectivity index (χ0v) is 6.39. The van der Waals surface area contributed by atoms with Crippen molar-refractivity contribution in [3.8, 4) is 0 Å². The summed E-state index contributed by atoms with van der Waals surface area (Å²) in [5.41, 5.74) is 0. The lowest BCUT2D eigenvalue weighted by Gasteiger charge is -2.02. The molecule has 0 aromatic carbocycles. The van der Waals surface area contributed by atoms with Crippen LogP contribution < -0.4 is 0 Å². The monoisotopic (exact) mass is 128 g/mol. The van der Waals surface area contributed by atoms with Crippen molar-refractivity contribution in [3.63, 3.8) is 0 Å². The molecule has 1 saturated heterocycles. The highest BCUT2D eigenvalue weighted by molar-refractivity contribution is 4.69. The molecule has 1 nitrogen and oxygen atoms in total. The van der Waals surface area contributed by atoms with Crippen molar-refractivity contribution in [1.82, 2.24) is 0 Å². The van der Waals surface area contributed by atoms with Gasteiger partial charge in [0.05, 0.1) is 6.10 Å². The molecule has 54 valence electrons. The topological polar surface area (TPSA) is 9.23 Å². The van der Waals surface area contributed by atoms with Crippen LogP contribution >= 0.6 is 0 Å². The van der Waals surface area contributed by atoms with Crippen molar-refractivity contribution in [2.75, 3.05) is 6.61 Å². The number of hydrogen-bond acceptors (Lipinski definition) is 1. The predicted octanol–water partition coefficient (Wildman–Crippen LogP) is 2.21. The Bertz CT molecular complexity index is 78.6. The van der Waals surface area contributed by atoms with E-state index in [9.17, 15) is 0 Å². The molecule has 0 amide bonds. The second kappa shape index (κ2) is 3.21. The normalized spacial score (nSPS) is 35.3. The first kappa shape index (κ1) is 7.07. The van der Waals surface area contributed by atoms with Crippen molar-refractivity contribution in [2.24, 2.45) is 5.92 Å². The highest BCUT2D eigenvalue weighted by Gasteiger charge is 2.20. The Morgan fingerprint density at radius 2 is 2.33 bits per heavy atom. The fourth-order valence-electron chi connectivity index (χ4n) is 1.52. The van der Waals surface area contributed by atoms with Gasteiger partial charge in [0.1, 0.15) is 0 Å². The van der Waals surface area contributed by atoms with Crippen LogP contribution in [0, 0.1) is 5.92 Å². The lowest BCUT2D eigenvalue weighted by Crippen LogP contribution is -1.97. The molecule has 0 aliphatic carbocycles. The minimum absolute atomic E-state index is 0.529. The van der Waals surface area contributed by atoms with Crippen LogP contribution in [0.5, 0.6) is 0 Å². The molecule has 2 atom stereocenters. The van der Waals surface area contributed by atoms with Crippen LogP contribution in [-0.4, -0.2) is 12.7 Å². The first-order valence-corrected chi connectivity index (χ1v) is 3.94. The van der Waals surface area contributed by atoms with E-state index in [2.05, 4.69) is 13.8 Å². The molecule has 1 fully saturated rings. The van der Waals surface area contributed by atoms with Crippen molar-refractivity contribution in [3.05, 3.63) is 0 Å². The molecule has 0 aromatic rings. The maximum absolute atomic E-state index is 5.42. The molecule has 0 radical (unpaired) electrons. The van der Waals surface area contributed by atoms with E-state index < -0.39 is 0 Å². The second-order valence-electron chi connectivity index (χ2n) is 3.03. The van der Waals surface area contributed by atoms with E-state index >= 15 is 0 Å². The predicted molar refractivity (Wildman–Crippen MR) is 38.4 cm³/mol. The van der Waals surface area contributed by atoms with Crippen LogP contribution in [0.15, 0.2) is 0 Å². The largest absolute Gasteiger partial charge is 0.378 e. The van der Waals surface area contributed by atoms with Crippen molar-refractivity contribution < 1.29 is 4.74 Å². The van der Waals surface area contributed by atoms with Gasteiger partial charge in [-0.05, 0) is 25.7 Å². The number of ether oxygens (including phenoxy) is 1. The molecule has 1 heterocycles. The molecule has 1 rings (SSSR count). The Morgan fingerprint density at radius 1 is 1.56 bits per heavy atom. The summed E-state index contributed by atoms with van der Waals surface area (Å²) >= 11 is 0. The highest BCUT2D eigenvalue weighted by atomic mass is 16.5. The first-order chi connectivity index (χ1) is 4.33. The fourth-order valence-corrected chi connectivity index (χ4v) is 1.52. The zero-order chi connectivity index (χ0) is 6.69. The van der Waals surface area contributed by atoms with Gasteiger partial charge in [0.2, 0.25) is 0 Å². The molecule has 0 spiro atoms.